The van der Waals surface area contributed by atoms with Crippen LogP contribution in [-0.4, -0.2) is 24.1 Å². The van der Waals surface area contributed by atoms with Gasteiger partial charge in [-0.25, -0.2) is 4.79 Å². The number of amides is 1. The highest BCUT2D eigenvalue weighted by molar-refractivity contribution is 9.10. The van der Waals surface area contributed by atoms with E-state index < -0.39 is 11.9 Å². The molecule has 2 N–H and O–H groups in total. The van der Waals surface area contributed by atoms with Crippen molar-refractivity contribution in [1.29, 1.82) is 5.26 Å². The summed E-state index contributed by atoms with van der Waals surface area (Å²) in [5, 5.41) is 21.8. The van der Waals surface area contributed by atoms with Crippen LogP contribution in [0.25, 0.3) is 6.08 Å². The van der Waals surface area contributed by atoms with Crippen molar-refractivity contribution in [1.82, 2.24) is 0 Å². The molecule has 0 saturated carbocycles. The second-order valence-electron chi connectivity index (χ2n) is 7.36. The summed E-state index contributed by atoms with van der Waals surface area (Å²) in [6.45, 7) is 1.95. The second-order valence-corrected chi connectivity index (χ2v) is 8.62. The topological polar surface area (TPSA) is 109 Å². The minimum Gasteiger partial charge on any atom is -0.493 e. The maximum atomic E-state index is 12.7. The Labute approximate surface area is 215 Å². The number of hydrogen-bond donors (Lipinski definition) is 2. The van der Waals surface area contributed by atoms with Gasteiger partial charge in [0.1, 0.15) is 18.2 Å². The van der Waals surface area contributed by atoms with Crippen LogP contribution in [0.4, 0.5) is 5.69 Å². The minimum atomic E-state index is -1.00. The summed E-state index contributed by atoms with van der Waals surface area (Å²) in [6.07, 6.45) is 1.44. The first-order chi connectivity index (χ1) is 16.7. The number of methoxy groups -OCH3 is 1. The molecular formula is C26H20BrClN2O5. The Hall–Kier alpha value is -3.80. The molecule has 0 aliphatic heterocycles. The lowest BCUT2D eigenvalue weighted by Crippen LogP contribution is -2.14. The number of nitriles is 1. The number of benzene rings is 3. The van der Waals surface area contributed by atoms with Crippen molar-refractivity contribution in [2.24, 2.45) is 0 Å². The molecule has 0 radical (unpaired) electrons. The van der Waals surface area contributed by atoms with Gasteiger partial charge in [0.2, 0.25) is 0 Å². The van der Waals surface area contributed by atoms with Gasteiger partial charge in [-0.1, -0.05) is 29.8 Å². The van der Waals surface area contributed by atoms with Crippen LogP contribution >= 0.6 is 27.5 Å². The minimum absolute atomic E-state index is 0.106. The lowest BCUT2D eigenvalue weighted by atomic mass is 10.1. The van der Waals surface area contributed by atoms with Crippen molar-refractivity contribution in [2.75, 3.05) is 12.4 Å². The first-order valence-corrected chi connectivity index (χ1v) is 11.4. The van der Waals surface area contributed by atoms with Crippen LogP contribution in [0, 0.1) is 18.3 Å². The smallest absolute Gasteiger partial charge is 0.335 e. The summed E-state index contributed by atoms with van der Waals surface area (Å²) in [4.78, 5) is 23.7. The summed E-state index contributed by atoms with van der Waals surface area (Å²) in [7, 11) is 1.48. The molecule has 0 aliphatic carbocycles. The standard InChI is InChI=1S/C26H20BrClN2O5/c1-15-21(28)4-3-5-22(15)30-25(31)19(13-29)10-17-11-20(27)24(23(12-17)34-2)35-14-16-6-8-18(9-7-16)26(32)33/h3-12H,14H2,1-2H3,(H,30,31)(H,32,33)/b19-10-. The number of carboxylic acid groups (broad SMARTS) is 1. The van der Waals surface area contributed by atoms with Gasteiger partial charge in [-0.2, -0.15) is 5.26 Å². The van der Waals surface area contributed by atoms with E-state index >= 15 is 0 Å². The van der Waals surface area contributed by atoms with Crippen molar-refractivity contribution in [3.8, 4) is 17.6 Å². The molecule has 178 valence electrons. The quantitative estimate of drug-likeness (QED) is 0.251. The number of rotatable bonds is 8. The molecule has 0 aliphatic rings. The largest absolute Gasteiger partial charge is 0.493 e. The third kappa shape index (κ3) is 6.41. The fourth-order valence-electron chi connectivity index (χ4n) is 3.11. The molecule has 0 fully saturated rings. The van der Waals surface area contributed by atoms with Gasteiger partial charge in [-0.15, -0.1) is 0 Å². The third-order valence-corrected chi connectivity index (χ3v) is 6.03. The van der Waals surface area contributed by atoms with E-state index in [4.69, 9.17) is 26.2 Å². The zero-order valence-corrected chi connectivity index (χ0v) is 21.1. The summed E-state index contributed by atoms with van der Waals surface area (Å²) in [5.74, 6) is -0.766. The molecule has 3 rings (SSSR count). The average molecular weight is 556 g/mol. The van der Waals surface area contributed by atoms with Crippen molar-refractivity contribution in [3.63, 3.8) is 0 Å². The lowest BCUT2D eigenvalue weighted by Gasteiger charge is -2.14. The van der Waals surface area contributed by atoms with Gasteiger partial charge in [0.15, 0.2) is 11.5 Å². The molecule has 0 atom stereocenters. The number of halogens is 2. The molecule has 0 heterocycles. The number of hydrogen-bond acceptors (Lipinski definition) is 5. The van der Waals surface area contributed by atoms with Crippen molar-refractivity contribution in [3.05, 3.63) is 91.9 Å². The van der Waals surface area contributed by atoms with Gasteiger partial charge < -0.3 is 19.9 Å². The number of carboxylic acids is 1. The molecule has 9 heteroatoms. The van der Waals surface area contributed by atoms with Gasteiger partial charge in [-0.05, 0) is 82.0 Å². The van der Waals surface area contributed by atoms with E-state index in [9.17, 15) is 14.9 Å². The van der Waals surface area contributed by atoms with Crippen molar-refractivity contribution >= 4 is 51.2 Å². The molecule has 3 aromatic carbocycles. The van der Waals surface area contributed by atoms with Crippen LogP contribution in [0.15, 0.2) is 64.6 Å². The number of anilines is 1. The zero-order chi connectivity index (χ0) is 25.5. The van der Waals surface area contributed by atoms with E-state index in [-0.39, 0.29) is 17.7 Å². The van der Waals surface area contributed by atoms with E-state index in [0.717, 1.165) is 5.56 Å². The Kier molecular flexibility index (Phi) is 8.53. The van der Waals surface area contributed by atoms with Gasteiger partial charge in [0, 0.05) is 10.7 Å². The molecule has 0 aromatic heterocycles. The van der Waals surface area contributed by atoms with Crippen LogP contribution in [0.3, 0.4) is 0 Å². The van der Waals surface area contributed by atoms with E-state index in [1.165, 1.54) is 25.3 Å². The highest BCUT2D eigenvalue weighted by Crippen LogP contribution is 2.38. The van der Waals surface area contributed by atoms with Crippen LogP contribution in [0.2, 0.25) is 5.02 Å². The lowest BCUT2D eigenvalue weighted by molar-refractivity contribution is -0.112. The Morgan fingerprint density at radius 2 is 1.91 bits per heavy atom. The van der Waals surface area contributed by atoms with Crippen LogP contribution in [0.1, 0.15) is 27.0 Å². The molecule has 0 spiro atoms. The van der Waals surface area contributed by atoms with Gasteiger partial charge in [-0.3, -0.25) is 4.79 Å². The molecule has 1 amide bonds. The maximum Gasteiger partial charge on any atom is 0.335 e. The van der Waals surface area contributed by atoms with Crippen LogP contribution in [-0.2, 0) is 11.4 Å². The fraction of sp³-hybridized carbons (Fsp3) is 0.115. The molecule has 0 unspecified atom stereocenters. The monoisotopic (exact) mass is 554 g/mol. The Morgan fingerprint density at radius 1 is 1.20 bits per heavy atom. The summed E-state index contributed by atoms with van der Waals surface area (Å²) >= 11 is 9.56. The Bertz CT molecular complexity index is 1350. The highest BCUT2D eigenvalue weighted by Gasteiger charge is 2.15. The van der Waals surface area contributed by atoms with Gasteiger partial charge in [0.05, 0.1) is 17.1 Å². The first kappa shape index (κ1) is 25.8. The number of aromatic carboxylic acids is 1. The normalized spacial score (nSPS) is 10.9. The third-order valence-electron chi connectivity index (χ3n) is 5.03. The van der Waals surface area contributed by atoms with Crippen LogP contribution < -0.4 is 14.8 Å². The summed E-state index contributed by atoms with van der Waals surface area (Å²) in [5.41, 5.74) is 2.61. The summed E-state index contributed by atoms with van der Waals surface area (Å²) in [6, 6.07) is 16.7. The predicted octanol–water partition coefficient (Wildman–Crippen LogP) is 6.24. The second kappa shape index (κ2) is 11.6. The molecule has 35 heavy (non-hydrogen) atoms. The van der Waals surface area contributed by atoms with E-state index in [0.29, 0.717) is 37.8 Å². The molecule has 0 saturated heterocycles. The predicted molar refractivity (Wildman–Crippen MR) is 137 cm³/mol. The van der Waals surface area contributed by atoms with E-state index in [1.54, 1.807) is 49.4 Å². The Morgan fingerprint density at radius 3 is 2.54 bits per heavy atom. The number of nitrogens with zero attached hydrogens (tertiary/aromatic N) is 1. The maximum absolute atomic E-state index is 12.7. The van der Waals surface area contributed by atoms with Crippen molar-refractivity contribution < 1.29 is 24.2 Å². The van der Waals surface area contributed by atoms with E-state index in [1.807, 2.05) is 6.07 Å². The molecule has 0 bridgehead atoms. The number of ether oxygens (including phenoxy) is 2. The molecular weight excluding hydrogens is 536 g/mol. The molecule has 3 aromatic rings. The highest BCUT2D eigenvalue weighted by atomic mass is 79.9. The van der Waals surface area contributed by atoms with Gasteiger partial charge in [0.25, 0.3) is 5.91 Å². The summed E-state index contributed by atoms with van der Waals surface area (Å²) < 4.78 is 11.9. The zero-order valence-electron chi connectivity index (χ0n) is 18.8. The fourth-order valence-corrected chi connectivity index (χ4v) is 3.86. The van der Waals surface area contributed by atoms with Crippen molar-refractivity contribution in [2.45, 2.75) is 13.5 Å². The number of nitrogens with one attached hydrogen (secondary N) is 1. The Balaban J connectivity index is 1.81. The number of carbonyl (C=O) groups excluding carboxylic acids is 1. The SMILES string of the molecule is COc1cc(/C=C(/C#N)C(=O)Nc2cccc(Cl)c2C)cc(Br)c1OCc1ccc(C(=O)O)cc1. The first-order valence-electron chi connectivity index (χ1n) is 10.2. The average Bonchev–Trinajstić information content (AvgIpc) is 2.84. The molecule has 7 nitrogen and oxygen atoms in total. The van der Waals surface area contributed by atoms with E-state index in [2.05, 4.69) is 21.2 Å². The number of carbonyl (C=O) groups is 2. The van der Waals surface area contributed by atoms with Crippen LogP contribution in [0.5, 0.6) is 11.5 Å². The van der Waals surface area contributed by atoms with Gasteiger partial charge >= 0.3 is 5.97 Å².